The molecule has 0 aliphatic carbocycles. The van der Waals surface area contributed by atoms with Crippen LogP contribution < -0.4 is 0 Å². The average Bonchev–Trinajstić information content (AvgIpc) is 2.48. The van der Waals surface area contributed by atoms with Crippen molar-refractivity contribution < 1.29 is 5.11 Å². The van der Waals surface area contributed by atoms with Crippen molar-refractivity contribution >= 4 is 21.1 Å². The zero-order valence-electron chi connectivity index (χ0n) is 14.3. The van der Waals surface area contributed by atoms with Gasteiger partial charge in [-0.2, -0.15) is 0 Å². The van der Waals surface area contributed by atoms with E-state index in [1.54, 1.807) is 0 Å². The first-order valence-electron chi connectivity index (χ1n) is 8.76. The van der Waals surface area contributed by atoms with Crippen LogP contribution in [0.25, 0.3) is 0 Å². The summed E-state index contributed by atoms with van der Waals surface area (Å²) in [7, 11) is 0. The molecule has 0 saturated carbocycles. The van der Waals surface area contributed by atoms with Crippen molar-refractivity contribution in [2.24, 2.45) is 0 Å². The number of allylic oxidation sites excluding steroid dienone is 1. The Labute approximate surface area is 137 Å². The zero-order valence-corrected chi connectivity index (χ0v) is 17.2. The first kappa shape index (κ1) is 20.5. The zero-order chi connectivity index (χ0) is 15.3. The maximum absolute atomic E-state index is 9.67. The second kappa shape index (κ2) is 13.2. The third kappa shape index (κ3) is 8.71. The first-order valence-corrected chi connectivity index (χ1v) is 11.6. The van der Waals surface area contributed by atoms with Crippen LogP contribution in [0, 0.1) is 0 Å². The molecule has 0 atom stereocenters. The van der Waals surface area contributed by atoms with Gasteiger partial charge < -0.3 is 0 Å². The quantitative estimate of drug-likeness (QED) is 0.402. The van der Waals surface area contributed by atoms with Gasteiger partial charge in [0.15, 0.2) is 0 Å². The summed E-state index contributed by atoms with van der Waals surface area (Å²) in [6.07, 6.45) is 15.7. The van der Waals surface area contributed by atoms with E-state index in [1.165, 1.54) is 61.4 Å². The van der Waals surface area contributed by atoms with Gasteiger partial charge in [0, 0.05) is 0 Å². The summed E-state index contributed by atoms with van der Waals surface area (Å²) in [6.45, 7) is 9.45. The molecule has 1 nitrogen and oxygen atoms in total. The molecule has 0 aromatic carbocycles. The number of aliphatic hydroxyl groups excluding tert-OH is 1. The van der Waals surface area contributed by atoms with Crippen LogP contribution in [0.1, 0.15) is 91.9 Å². The van der Waals surface area contributed by atoms with Gasteiger partial charge in [0.05, 0.1) is 0 Å². The van der Waals surface area contributed by atoms with E-state index in [-0.39, 0.29) is 0 Å². The van der Waals surface area contributed by atoms with E-state index in [1.807, 2.05) is 0 Å². The van der Waals surface area contributed by atoms with Crippen molar-refractivity contribution in [3.05, 3.63) is 9.67 Å². The predicted molar refractivity (Wildman–Crippen MR) is 92.5 cm³/mol. The van der Waals surface area contributed by atoms with Gasteiger partial charge in [-0.25, -0.2) is 0 Å². The van der Waals surface area contributed by atoms with Gasteiger partial charge in [-0.15, -0.1) is 0 Å². The Balaban J connectivity index is 4.95. The van der Waals surface area contributed by atoms with Gasteiger partial charge in [0.2, 0.25) is 0 Å². The normalized spacial score (nSPS) is 12.9. The fourth-order valence-electron chi connectivity index (χ4n) is 2.85. The van der Waals surface area contributed by atoms with Gasteiger partial charge >= 0.3 is 138 Å². The van der Waals surface area contributed by atoms with Crippen LogP contribution in [0.2, 0.25) is 3.43 Å². The molecule has 0 fully saturated rings. The summed E-state index contributed by atoms with van der Waals surface area (Å²) in [6, 6.07) is 0. The summed E-state index contributed by atoms with van der Waals surface area (Å²) in [5, 5.41) is 9.67. The Bertz CT molecular complexity index is 226. The van der Waals surface area contributed by atoms with Gasteiger partial charge in [0.25, 0.3) is 0 Å². The van der Waals surface area contributed by atoms with Crippen molar-refractivity contribution in [2.45, 2.75) is 95.3 Å². The van der Waals surface area contributed by atoms with Crippen molar-refractivity contribution in [2.75, 3.05) is 6.61 Å². The molecule has 0 unspecified atom stereocenters. The summed E-state index contributed by atoms with van der Waals surface area (Å²) >= 11 is -0.653. The number of aliphatic hydroxyl groups is 1. The van der Waals surface area contributed by atoms with E-state index in [0.717, 1.165) is 6.42 Å². The Hall–Kier alpha value is 0.499. The van der Waals surface area contributed by atoms with E-state index in [9.17, 15) is 5.11 Å². The van der Waals surface area contributed by atoms with Crippen LogP contribution in [-0.4, -0.2) is 32.9 Å². The molecule has 0 bridgehead atoms. The van der Waals surface area contributed by atoms with Crippen molar-refractivity contribution in [1.82, 2.24) is 0 Å². The van der Waals surface area contributed by atoms with Crippen molar-refractivity contribution in [3.63, 3.8) is 0 Å². The second-order valence-corrected chi connectivity index (χ2v) is 11.6. The minimum atomic E-state index is -0.653. The first-order chi connectivity index (χ1) is 9.67. The molecule has 0 heterocycles. The molecule has 1 N–H and O–H groups in total. The molecule has 0 saturated heterocycles. The Morgan fingerprint density at radius 3 is 1.65 bits per heavy atom. The van der Waals surface area contributed by atoms with Gasteiger partial charge in [-0.1, -0.05) is 0 Å². The molecule has 0 aromatic rings. The molecular weight excluding hydrogens is 351 g/mol. The molecule has 20 heavy (non-hydrogen) atoms. The van der Waals surface area contributed by atoms with Gasteiger partial charge in [0.1, 0.15) is 0 Å². The molecular formula is C18H36OSn. The van der Waals surface area contributed by atoms with Crippen LogP contribution in [0.15, 0.2) is 9.67 Å². The fraction of sp³-hybridized carbons (Fsp3) is 0.889. The predicted octanol–water partition coefficient (Wildman–Crippen LogP) is 5.71. The Morgan fingerprint density at radius 1 is 0.900 bits per heavy atom. The average molecular weight is 387 g/mol. The van der Waals surface area contributed by atoms with Crippen molar-refractivity contribution in [1.29, 1.82) is 0 Å². The molecule has 0 amide bonds. The molecule has 0 spiro atoms. The monoisotopic (exact) mass is 388 g/mol. The second-order valence-electron chi connectivity index (χ2n) is 6.01. The number of unbranched alkanes of at least 4 members (excludes halogenated alkanes) is 3. The van der Waals surface area contributed by atoms with E-state index in [4.69, 9.17) is 0 Å². The third-order valence-corrected chi connectivity index (χ3v) is 9.68. The van der Waals surface area contributed by atoms with Crippen molar-refractivity contribution in [3.8, 4) is 0 Å². The van der Waals surface area contributed by atoms with Crippen LogP contribution in [0.4, 0.5) is 0 Å². The van der Waals surface area contributed by atoms with E-state index >= 15 is 0 Å². The fourth-order valence-corrected chi connectivity index (χ4v) is 8.48. The van der Waals surface area contributed by atoms with Crippen LogP contribution >= 0.6 is 0 Å². The molecule has 0 aromatic heterocycles. The molecule has 0 aliphatic rings. The van der Waals surface area contributed by atoms with Crippen LogP contribution in [0.3, 0.4) is 0 Å². The summed E-state index contributed by atoms with van der Waals surface area (Å²) in [5.41, 5.74) is 0. The molecule has 2 radical (unpaired) electrons. The van der Waals surface area contributed by atoms with E-state index < -0.39 is 21.1 Å². The van der Waals surface area contributed by atoms with E-state index in [0.29, 0.717) is 10.0 Å². The van der Waals surface area contributed by atoms with Gasteiger partial charge in [-0.3, -0.25) is 0 Å². The molecule has 118 valence electrons. The Morgan fingerprint density at radius 2 is 1.35 bits per heavy atom. The third-order valence-electron chi connectivity index (χ3n) is 4.07. The standard InChI is InChI=1S/C13H27.C5H9O.Sn/c1-4-7-10-13(11-8-5-2)12-9-6-3;1-2-3-4-5-6;/h4-12H2,1-3H3;3,6H,2,5H2,1H3;. The molecule has 0 aliphatic heterocycles. The minimum absolute atomic E-state index is 0.326. The Kier molecular flexibility index (Phi) is 13.5. The SMILES string of the molecule is CC/C=[C](/CO)[Sn][C](CCCC)(CCCC)CCCC. The number of hydrogen-bond acceptors (Lipinski definition) is 1. The van der Waals surface area contributed by atoms with Crippen LogP contribution in [-0.2, 0) is 0 Å². The molecule has 0 rings (SSSR count). The van der Waals surface area contributed by atoms with E-state index in [2.05, 4.69) is 33.8 Å². The summed E-state index contributed by atoms with van der Waals surface area (Å²) < 4.78 is 2.06. The maximum atomic E-state index is 9.67. The summed E-state index contributed by atoms with van der Waals surface area (Å²) in [4.78, 5) is 0. The number of hydrogen-bond donors (Lipinski definition) is 1. The topological polar surface area (TPSA) is 20.2 Å². The summed E-state index contributed by atoms with van der Waals surface area (Å²) in [5.74, 6) is 0. The number of rotatable bonds is 13. The van der Waals surface area contributed by atoms with Gasteiger partial charge in [-0.05, 0) is 0 Å². The molecule has 2 heteroatoms. The van der Waals surface area contributed by atoms with Crippen LogP contribution in [0.5, 0.6) is 0 Å².